The highest BCUT2D eigenvalue weighted by Gasteiger charge is 2.16. The summed E-state index contributed by atoms with van der Waals surface area (Å²) in [6.45, 7) is 0. The van der Waals surface area contributed by atoms with Crippen LogP contribution in [0.25, 0.3) is 17.0 Å². The van der Waals surface area contributed by atoms with Gasteiger partial charge in [-0.2, -0.15) is 0 Å². The molecule has 0 spiro atoms. The molecular formula is C33H27N5O4S. The van der Waals surface area contributed by atoms with Crippen molar-refractivity contribution in [3.8, 4) is 0 Å². The predicted octanol–water partition coefficient (Wildman–Crippen LogP) is 5.41. The van der Waals surface area contributed by atoms with Gasteiger partial charge in [0.05, 0.1) is 17.0 Å². The Morgan fingerprint density at radius 2 is 1.49 bits per heavy atom. The van der Waals surface area contributed by atoms with Crippen LogP contribution in [-0.4, -0.2) is 34.4 Å². The number of nitrogens with one attached hydrogen (secondary N) is 4. The highest BCUT2D eigenvalue weighted by Crippen LogP contribution is 2.23. The first kappa shape index (κ1) is 28.9. The van der Waals surface area contributed by atoms with Gasteiger partial charge in [0.2, 0.25) is 5.91 Å². The maximum Gasteiger partial charge on any atom is 0.272 e. The SMILES string of the molecule is NC(=O)c1ccccc1NC(=O)CSc1ccc(NC(=O)/C(=C/c2c[nH]c3ccccc23)NC(=O)c2ccccc2)cc1. The van der Waals surface area contributed by atoms with Crippen molar-refractivity contribution in [2.45, 2.75) is 4.90 Å². The van der Waals surface area contributed by atoms with Crippen LogP contribution < -0.4 is 21.7 Å². The molecule has 10 heteroatoms. The van der Waals surface area contributed by atoms with Crippen molar-refractivity contribution < 1.29 is 19.2 Å². The number of carbonyl (C=O) groups is 4. The van der Waals surface area contributed by atoms with Crippen LogP contribution in [0.4, 0.5) is 11.4 Å². The van der Waals surface area contributed by atoms with Gasteiger partial charge in [-0.1, -0.05) is 48.5 Å². The van der Waals surface area contributed by atoms with Crippen molar-refractivity contribution in [1.29, 1.82) is 0 Å². The third-order valence-electron chi connectivity index (χ3n) is 6.40. The van der Waals surface area contributed by atoms with Gasteiger partial charge in [0.1, 0.15) is 5.70 Å². The summed E-state index contributed by atoms with van der Waals surface area (Å²) in [6, 6.07) is 29.8. The molecule has 0 aliphatic heterocycles. The summed E-state index contributed by atoms with van der Waals surface area (Å²) in [5, 5.41) is 9.20. The van der Waals surface area contributed by atoms with Gasteiger partial charge in [-0.15, -0.1) is 11.8 Å². The second kappa shape index (κ2) is 13.4. The summed E-state index contributed by atoms with van der Waals surface area (Å²) in [5.74, 6) is -1.73. The number of primary amides is 1. The first-order valence-electron chi connectivity index (χ1n) is 13.2. The first-order chi connectivity index (χ1) is 20.9. The standard InChI is InChI=1S/C33H27N5O4S/c34-31(40)26-11-5-7-13-28(26)37-30(39)20-43-24-16-14-23(15-17-24)36-33(42)29(38-32(41)21-8-2-1-3-9-21)18-22-19-35-27-12-6-4-10-25(22)27/h1-19,35H,20H2,(H2,34,40)(H,36,42)(H,37,39)(H,38,41)/b29-18-. The maximum absolute atomic E-state index is 13.4. The van der Waals surface area contributed by atoms with Crippen LogP contribution in [0.5, 0.6) is 0 Å². The van der Waals surface area contributed by atoms with Gasteiger partial charge in [0.25, 0.3) is 17.7 Å². The quantitative estimate of drug-likeness (QED) is 0.109. The molecule has 5 aromatic rings. The molecule has 0 aliphatic carbocycles. The van der Waals surface area contributed by atoms with Gasteiger partial charge in [0, 0.05) is 38.8 Å². The Labute approximate surface area is 251 Å². The zero-order valence-electron chi connectivity index (χ0n) is 22.8. The fourth-order valence-electron chi connectivity index (χ4n) is 4.29. The van der Waals surface area contributed by atoms with E-state index in [0.717, 1.165) is 21.4 Å². The highest BCUT2D eigenvalue weighted by molar-refractivity contribution is 8.00. The summed E-state index contributed by atoms with van der Waals surface area (Å²) < 4.78 is 0. The van der Waals surface area contributed by atoms with Crippen molar-refractivity contribution in [3.05, 3.63) is 132 Å². The molecule has 0 saturated carbocycles. The summed E-state index contributed by atoms with van der Waals surface area (Å²) in [4.78, 5) is 54.4. The third kappa shape index (κ3) is 7.38. The van der Waals surface area contributed by atoms with Gasteiger partial charge in [-0.25, -0.2) is 0 Å². The Hall–Kier alpha value is -5.61. The van der Waals surface area contributed by atoms with Gasteiger partial charge in [-0.05, 0) is 60.7 Å². The molecule has 0 saturated heterocycles. The molecular weight excluding hydrogens is 562 g/mol. The zero-order valence-corrected chi connectivity index (χ0v) is 23.6. The minimum Gasteiger partial charge on any atom is -0.366 e. The molecule has 1 heterocycles. The topological polar surface area (TPSA) is 146 Å². The molecule has 4 aromatic carbocycles. The smallest absolute Gasteiger partial charge is 0.272 e. The number of amides is 4. The van der Waals surface area contributed by atoms with Crippen LogP contribution in [0.15, 0.2) is 120 Å². The number of H-pyrrole nitrogens is 1. The summed E-state index contributed by atoms with van der Waals surface area (Å²) in [5.41, 5.74) is 8.62. The monoisotopic (exact) mass is 589 g/mol. The van der Waals surface area contributed by atoms with E-state index in [0.29, 0.717) is 16.9 Å². The number of benzene rings is 4. The zero-order chi connectivity index (χ0) is 30.2. The van der Waals surface area contributed by atoms with E-state index in [4.69, 9.17) is 5.73 Å². The number of para-hydroxylation sites is 2. The van der Waals surface area contributed by atoms with Crippen molar-refractivity contribution in [1.82, 2.24) is 10.3 Å². The number of carbonyl (C=O) groups excluding carboxylic acids is 4. The third-order valence-corrected chi connectivity index (χ3v) is 7.41. The first-order valence-corrected chi connectivity index (χ1v) is 14.2. The summed E-state index contributed by atoms with van der Waals surface area (Å²) in [6.07, 6.45) is 3.41. The van der Waals surface area contributed by atoms with Crippen LogP contribution in [0.2, 0.25) is 0 Å². The lowest BCUT2D eigenvalue weighted by atomic mass is 10.1. The van der Waals surface area contributed by atoms with E-state index in [9.17, 15) is 19.2 Å². The van der Waals surface area contributed by atoms with Gasteiger partial charge in [-0.3, -0.25) is 19.2 Å². The average molecular weight is 590 g/mol. The molecule has 0 fully saturated rings. The van der Waals surface area contributed by atoms with Crippen molar-refractivity contribution in [2.24, 2.45) is 5.73 Å². The molecule has 43 heavy (non-hydrogen) atoms. The lowest BCUT2D eigenvalue weighted by molar-refractivity contribution is -0.114. The Kier molecular flexibility index (Phi) is 8.99. The molecule has 1 aromatic heterocycles. The predicted molar refractivity (Wildman–Crippen MR) is 170 cm³/mol. The Morgan fingerprint density at radius 1 is 0.791 bits per heavy atom. The van der Waals surface area contributed by atoms with Crippen LogP contribution >= 0.6 is 11.8 Å². The Balaban J connectivity index is 1.26. The lowest BCUT2D eigenvalue weighted by Crippen LogP contribution is -2.30. The number of aromatic nitrogens is 1. The fraction of sp³-hybridized carbons (Fsp3) is 0.0303. The summed E-state index contributed by atoms with van der Waals surface area (Å²) >= 11 is 1.29. The second-order valence-electron chi connectivity index (χ2n) is 9.39. The Bertz CT molecular complexity index is 1830. The second-order valence-corrected chi connectivity index (χ2v) is 10.4. The molecule has 5 rings (SSSR count). The summed E-state index contributed by atoms with van der Waals surface area (Å²) in [7, 11) is 0. The lowest BCUT2D eigenvalue weighted by Gasteiger charge is -2.12. The number of hydrogen-bond donors (Lipinski definition) is 5. The highest BCUT2D eigenvalue weighted by atomic mass is 32.2. The van der Waals surface area contributed by atoms with Gasteiger partial charge < -0.3 is 26.7 Å². The molecule has 0 aliphatic rings. The Morgan fingerprint density at radius 3 is 2.26 bits per heavy atom. The van der Waals surface area contributed by atoms with Crippen LogP contribution in [-0.2, 0) is 9.59 Å². The van der Waals surface area contributed by atoms with Gasteiger partial charge >= 0.3 is 0 Å². The molecule has 0 radical (unpaired) electrons. The molecule has 214 valence electrons. The molecule has 0 atom stereocenters. The van der Waals surface area contributed by atoms with E-state index < -0.39 is 17.7 Å². The van der Waals surface area contributed by atoms with Crippen LogP contribution in [0.3, 0.4) is 0 Å². The van der Waals surface area contributed by atoms with E-state index in [1.165, 1.54) is 11.8 Å². The number of anilines is 2. The number of thioether (sulfide) groups is 1. The number of aromatic amines is 1. The fourth-order valence-corrected chi connectivity index (χ4v) is 4.98. The molecule has 4 amide bonds. The molecule has 0 bridgehead atoms. The van der Waals surface area contributed by atoms with E-state index in [2.05, 4.69) is 20.9 Å². The van der Waals surface area contributed by atoms with E-state index in [1.54, 1.807) is 85.1 Å². The minimum absolute atomic E-state index is 0.0740. The largest absolute Gasteiger partial charge is 0.366 e. The maximum atomic E-state index is 13.4. The molecule has 0 unspecified atom stereocenters. The van der Waals surface area contributed by atoms with Crippen molar-refractivity contribution >= 4 is 63.7 Å². The number of rotatable bonds is 10. The van der Waals surface area contributed by atoms with Crippen molar-refractivity contribution in [3.63, 3.8) is 0 Å². The number of hydrogen-bond acceptors (Lipinski definition) is 5. The number of fused-ring (bicyclic) bond motifs is 1. The molecule has 9 nitrogen and oxygen atoms in total. The van der Waals surface area contributed by atoms with E-state index in [-0.39, 0.29) is 22.9 Å². The number of nitrogens with two attached hydrogens (primary N) is 1. The van der Waals surface area contributed by atoms with Crippen LogP contribution in [0, 0.1) is 0 Å². The van der Waals surface area contributed by atoms with Gasteiger partial charge in [0.15, 0.2) is 0 Å². The molecule has 6 N–H and O–H groups in total. The van der Waals surface area contributed by atoms with E-state index in [1.807, 2.05) is 30.3 Å². The van der Waals surface area contributed by atoms with E-state index >= 15 is 0 Å². The average Bonchev–Trinajstić information content (AvgIpc) is 3.43. The minimum atomic E-state index is -0.625. The normalized spacial score (nSPS) is 11.1. The van der Waals surface area contributed by atoms with Crippen LogP contribution in [0.1, 0.15) is 26.3 Å². The van der Waals surface area contributed by atoms with Crippen molar-refractivity contribution in [2.75, 3.05) is 16.4 Å².